The third kappa shape index (κ3) is 4.31. The van der Waals surface area contributed by atoms with E-state index in [1.54, 1.807) is 6.07 Å². The van der Waals surface area contributed by atoms with Gasteiger partial charge in [0.15, 0.2) is 11.5 Å². The highest BCUT2D eigenvalue weighted by Gasteiger charge is 2.51. The number of alkyl halides is 3. The second-order valence-electron chi connectivity index (χ2n) is 8.72. The second kappa shape index (κ2) is 8.36. The highest BCUT2D eigenvalue weighted by Crippen LogP contribution is 2.44. The van der Waals surface area contributed by atoms with Crippen LogP contribution in [0.25, 0.3) is 10.9 Å². The maximum absolute atomic E-state index is 13.4. The quantitative estimate of drug-likeness (QED) is 0.534. The fraction of sp³-hybridized carbons (Fsp3) is 0.429. The van der Waals surface area contributed by atoms with Gasteiger partial charge in [-0.2, -0.15) is 23.4 Å². The van der Waals surface area contributed by atoms with Crippen molar-refractivity contribution in [2.45, 2.75) is 50.6 Å². The van der Waals surface area contributed by atoms with E-state index in [1.807, 2.05) is 0 Å². The van der Waals surface area contributed by atoms with E-state index in [1.165, 1.54) is 28.0 Å². The van der Waals surface area contributed by atoms with Gasteiger partial charge in [-0.3, -0.25) is 28.7 Å². The molecule has 3 amide bonds. The number of rotatable bonds is 6. The number of nitrogens with one attached hydrogen (secondary N) is 1. The van der Waals surface area contributed by atoms with Gasteiger partial charge in [-0.1, -0.05) is 0 Å². The number of amides is 3. The lowest BCUT2D eigenvalue weighted by Crippen LogP contribution is -2.50. The summed E-state index contributed by atoms with van der Waals surface area (Å²) in [6, 6.07) is 1.93. The van der Waals surface area contributed by atoms with E-state index >= 15 is 0 Å². The third-order valence-electron chi connectivity index (χ3n) is 6.49. The molecule has 0 spiro atoms. The zero-order valence-corrected chi connectivity index (χ0v) is 18.3. The molecule has 35 heavy (non-hydrogen) atoms. The minimum absolute atomic E-state index is 0.0156. The van der Waals surface area contributed by atoms with Crippen molar-refractivity contribution in [3.05, 3.63) is 36.4 Å². The highest BCUT2D eigenvalue weighted by molar-refractivity contribution is 6.04. The monoisotopic (exact) mass is 490 g/mol. The number of nitrogens with two attached hydrogens (primary N) is 1. The smallest absolute Gasteiger partial charge is 0.364 e. The number of hydrogen-bond acceptors (Lipinski definition) is 6. The normalized spacial score (nSPS) is 21.6. The minimum atomic E-state index is -4.44. The molecule has 11 nitrogen and oxygen atoms in total. The summed E-state index contributed by atoms with van der Waals surface area (Å²) in [6.45, 7) is -1.51. The Kier molecular flexibility index (Phi) is 5.44. The first-order valence-electron chi connectivity index (χ1n) is 10.9. The highest BCUT2D eigenvalue weighted by atomic mass is 19.4. The van der Waals surface area contributed by atoms with Crippen LogP contribution in [-0.2, 0) is 22.7 Å². The van der Waals surface area contributed by atoms with Crippen molar-refractivity contribution in [1.82, 2.24) is 29.4 Å². The predicted molar refractivity (Wildman–Crippen MR) is 115 cm³/mol. The van der Waals surface area contributed by atoms with Crippen molar-refractivity contribution in [3.8, 4) is 0 Å². The molecule has 3 aromatic heterocycles. The van der Waals surface area contributed by atoms with Crippen LogP contribution in [0.15, 0.2) is 30.7 Å². The first-order valence-corrected chi connectivity index (χ1v) is 10.9. The Morgan fingerprint density at radius 2 is 1.97 bits per heavy atom. The Labute approximate surface area is 196 Å². The number of anilines is 1. The molecule has 3 N–H and O–H groups in total. The lowest BCUT2D eigenvalue weighted by atomic mass is 9.80. The van der Waals surface area contributed by atoms with Gasteiger partial charge in [0.2, 0.25) is 11.8 Å². The van der Waals surface area contributed by atoms with Crippen LogP contribution in [0, 0.1) is 5.92 Å². The van der Waals surface area contributed by atoms with E-state index in [-0.39, 0.29) is 35.9 Å². The number of nitrogens with zero attached hydrogens (tertiary/aromatic N) is 6. The maximum Gasteiger partial charge on any atom is 0.408 e. The summed E-state index contributed by atoms with van der Waals surface area (Å²) in [5, 5.41) is 10.9. The van der Waals surface area contributed by atoms with E-state index in [9.17, 15) is 27.6 Å². The van der Waals surface area contributed by atoms with Gasteiger partial charge in [-0.25, -0.2) is 0 Å². The number of halogens is 3. The van der Waals surface area contributed by atoms with E-state index in [0.29, 0.717) is 22.0 Å². The Hall–Kier alpha value is -3.97. The van der Waals surface area contributed by atoms with E-state index < -0.39 is 30.6 Å². The van der Waals surface area contributed by atoms with Crippen LogP contribution >= 0.6 is 0 Å². The summed E-state index contributed by atoms with van der Waals surface area (Å²) in [5.41, 5.74) is 5.88. The fourth-order valence-corrected chi connectivity index (χ4v) is 4.86. The number of carbonyl (C=O) groups is 3. The van der Waals surface area contributed by atoms with Crippen LogP contribution in [-0.4, -0.2) is 65.4 Å². The Balaban J connectivity index is 1.34. The Morgan fingerprint density at radius 1 is 1.17 bits per heavy atom. The first kappa shape index (κ1) is 22.8. The van der Waals surface area contributed by atoms with Crippen LogP contribution < -0.4 is 11.1 Å². The topological polar surface area (TPSA) is 141 Å². The summed E-state index contributed by atoms with van der Waals surface area (Å²) in [7, 11) is 0. The van der Waals surface area contributed by atoms with Gasteiger partial charge in [0, 0.05) is 29.9 Å². The molecule has 1 saturated carbocycles. The van der Waals surface area contributed by atoms with Crippen molar-refractivity contribution in [1.29, 1.82) is 0 Å². The Bertz CT molecular complexity index is 1320. The third-order valence-corrected chi connectivity index (χ3v) is 6.49. The molecule has 1 saturated heterocycles. The molecule has 1 aliphatic heterocycles. The number of primary amides is 1. The van der Waals surface area contributed by atoms with E-state index in [0.717, 1.165) is 19.0 Å². The largest absolute Gasteiger partial charge is 0.408 e. The van der Waals surface area contributed by atoms with Crippen LogP contribution in [0.4, 0.5) is 19.0 Å². The number of aromatic nitrogens is 5. The number of hydrogen-bond donors (Lipinski definition) is 2. The molecular formula is C21H21F3N8O3. The number of carbonyl (C=O) groups excluding carboxylic acids is 3. The zero-order chi connectivity index (χ0) is 24.9. The molecule has 3 atom stereocenters. The molecule has 0 radical (unpaired) electrons. The summed E-state index contributed by atoms with van der Waals surface area (Å²) < 4.78 is 39.8. The standard InChI is InChI=1S/C21H21F3N8O3/c22-21(23,24)10-30-6-4-16(28-30)27-20(35)14-7-11-1-2-13(11)32(14)17(33)9-31-15-8-26-5-3-12(15)18(29-31)19(25)34/h3-6,8,11,13-14H,1-2,7,9-10H2,(H2,25,34)(H,27,28,35)/t11-,13-,14+/m1/s1. The molecule has 3 aromatic rings. The molecule has 14 heteroatoms. The van der Waals surface area contributed by atoms with Crippen molar-refractivity contribution < 1.29 is 27.6 Å². The molecule has 4 heterocycles. The summed E-state index contributed by atoms with van der Waals surface area (Å²) >= 11 is 0. The molecule has 2 aliphatic rings. The summed E-state index contributed by atoms with van der Waals surface area (Å²) in [4.78, 5) is 43.7. The molecule has 5 rings (SSSR count). The van der Waals surface area contributed by atoms with Gasteiger partial charge < -0.3 is 16.0 Å². The van der Waals surface area contributed by atoms with Crippen molar-refractivity contribution in [2.24, 2.45) is 11.7 Å². The maximum atomic E-state index is 13.4. The summed E-state index contributed by atoms with van der Waals surface area (Å²) in [6.07, 6.45) is 1.70. The van der Waals surface area contributed by atoms with Crippen LogP contribution in [0.3, 0.4) is 0 Å². The zero-order valence-electron chi connectivity index (χ0n) is 18.3. The average molecular weight is 490 g/mol. The van der Waals surface area contributed by atoms with Crippen LogP contribution in [0.2, 0.25) is 0 Å². The minimum Gasteiger partial charge on any atom is -0.364 e. The molecule has 0 unspecified atom stereocenters. The van der Waals surface area contributed by atoms with Gasteiger partial charge >= 0.3 is 6.18 Å². The van der Waals surface area contributed by atoms with Crippen LogP contribution in [0.1, 0.15) is 29.8 Å². The second-order valence-corrected chi connectivity index (χ2v) is 8.72. The van der Waals surface area contributed by atoms with Gasteiger partial charge in [0.05, 0.1) is 11.7 Å². The summed E-state index contributed by atoms with van der Waals surface area (Å²) in [5.74, 6) is -1.50. The predicted octanol–water partition coefficient (Wildman–Crippen LogP) is 1.31. The molecular weight excluding hydrogens is 469 g/mol. The van der Waals surface area contributed by atoms with E-state index in [4.69, 9.17) is 5.73 Å². The molecule has 0 aromatic carbocycles. The Morgan fingerprint density at radius 3 is 2.66 bits per heavy atom. The van der Waals surface area contributed by atoms with Crippen LogP contribution in [0.5, 0.6) is 0 Å². The number of likely N-dealkylation sites (tertiary alicyclic amines) is 1. The molecule has 0 bridgehead atoms. The van der Waals surface area contributed by atoms with Gasteiger partial charge in [0.25, 0.3) is 5.91 Å². The first-order chi connectivity index (χ1) is 16.6. The fourth-order valence-electron chi connectivity index (χ4n) is 4.86. The van der Waals surface area contributed by atoms with Gasteiger partial charge in [-0.15, -0.1) is 0 Å². The average Bonchev–Trinajstić information content (AvgIpc) is 3.42. The van der Waals surface area contributed by atoms with Crippen molar-refractivity contribution >= 4 is 34.4 Å². The lowest BCUT2D eigenvalue weighted by molar-refractivity contribution is -0.142. The number of fused-ring (bicyclic) bond motifs is 2. The van der Waals surface area contributed by atoms with Gasteiger partial charge in [0.1, 0.15) is 19.1 Å². The number of pyridine rings is 1. The SMILES string of the molecule is NC(=O)c1nn(CC(=O)N2[C@@H]3CC[C@@H]3C[C@H]2C(=O)Nc2ccn(CC(F)(F)F)n2)c2cnccc12. The molecule has 1 aliphatic carbocycles. The molecule has 184 valence electrons. The van der Waals surface area contributed by atoms with Crippen molar-refractivity contribution in [2.75, 3.05) is 5.32 Å². The van der Waals surface area contributed by atoms with Gasteiger partial charge in [-0.05, 0) is 31.2 Å². The van der Waals surface area contributed by atoms with Crippen molar-refractivity contribution in [3.63, 3.8) is 0 Å². The molecule has 2 fully saturated rings. The lowest BCUT2D eigenvalue weighted by Gasteiger charge is -2.37. The van der Waals surface area contributed by atoms with E-state index in [2.05, 4.69) is 20.5 Å².